The summed E-state index contributed by atoms with van der Waals surface area (Å²) < 4.78 is 0. The number of phenols is 1. The third-order valence-corrected chi connectivity index (χ3v) is 2.05. The fourth-order valence-corrected chi connectivity index (χ4v) is 1.25. The summed E-state index contributed by atoms with van der Waals surface area (Å²) in [5.41, 5.74) is 1.60. The predicted octanol–water partition coefficient (Wildman–Crippen LogP) is 5.01. The fraction of sp³-hybridized carbons (Fsp3) is 0.176. The number of phenolic OH excluding ortho intramolecular Hbond substituents is 1. The Kier molecular flexibility index (Phi) is 13.2. The molecular weight excluding hydrogens is 341 g/mol. The largest absolute Gasteiger partial charge is 0.507 e. The predicted molar refractivity (Wildman–Crippen MR) is 84.2 cm³/mol. The van der Waals surface area contributed by atoms with Crippen LogP contribution in [0.15, 0.2) is 59.6 Å². The molecular formula is C17H22NOPd-. The van der Waals surface area contributed by atoms with Crippen molar-refractivity contribution >= 4 is 11.9 Å². The van der Waals surface area contributed by atoms with Crippen LogP contribution < -0.4 is 0 Å². The Morgan fingerprint density at radius 2 is 1.45 bits per heavy atom. The summed E-state index contributed by atoms with van der Waals surface area (Å²) in [7, 11) is 0. The number of rotatable bonds is 2. The molecule has 2 aromatic carbocycles. The van der Waals surface area contributed by atoms with Crippen molar-refractivity contribution in [2.45, 2.75) is 20.3 Å². The molecule has 3 heteroatoms. The second kappa shape index (κ2) is 12.6. The average molecular weight is 363 g/mol. The molecule has 2 nitrogen and oxygen atoms in total. The van der Waals surface area contributed by atoms with Crippen LogP contribution in [-0.2, 0) is 20.4 Å². The first-order chi connectivity index (χ1) is 8.77. The van der Waals surface area contributed by atoms with Crippen molar-refractivity contribution in [3.05, 3.63) is 67.6 Å². The van der Waals surface area contributed by atoms with Crippen LogP contribution in [0.4, 0.5) is 5.69 Å². The van der Waals surface area contributed by atoms with E-state index in [-0.39, 0.29) is 33.6 Å². The van der Waals surface area contributed by atoms with Gasteiger partial charge in [-0.3, -0.25) is 4.99 Å². The Balaban J connectivity index is 0. The van der Waals surface area contributed by atoms with Crippen LogP contribution >= 0.6 is 0 Å². The molecule has 0 fully saturated rings. The normalized spacial score (nSPS) is 8.90. The smallest absolute Gasteiger partial charge is 0.124 e. The van der Waals surface area contributed by atoms with Gasteiger partial charge in [0.1, 0.15) is 5.75 Å². The SMILES string of the molecule is CCC.Oc1ccccc1C=Nc1ccccc1.[CH3-].[Pd]. The molecule has 0 aliphatic rings. The van der Waals surface area contributed by atoms with Crippen LogP contribution in [-0.4, -0.2) is 11.3 Å². The molecule has 0 heterocycles. The van der Waals surface area contributed by atoms with Crippen molar-refractivity contribution in [3.63, 3.8) is 0 Å². The molecule has 0 aromatic heterocycles. The van der Waals surface area contributed by atoms with E-state index >= 15 is 0 Å². The molecule has 0 atom stereocenters. The van der Waals surface area contributed by atoms with Gasteiger partial charge in [0.2, 0.25) is 0 Å². The van der Waals surface area contributed by atoms with Crippen molar-refractivity contribution in [2.24, 2.45) is 4.99 Å². The average Bonchev–Trinajstić information content (AvgIpc) is 2.40. The van der Waals surface area contributed by atoms with E-state index in [4.69, 9.17) is 0 Å². The number of para-hydroxylation sites is 2. The van der Waals surface area contributed by atoms with Gasteiger partial charge in [-0.25, -0.2) is 0 Å². The van der Waals surface area contributed by atoms with E-state index < -0.39 is 0 Å². The summed E-state index contributed by atoms with van der Waals surface area (Å²) in [4.78, 5) is 4.25. The molecule has 0 spiro atoms. The first kappa shape index (κ1) is 20.9. The third kappa shape index (κ3) is 7.89. The van der Waals surface area contributed by atoms with Gasteiger partial charge in [0.05, 0.1) is 5.69 Å². The second-order valence-corrected chi connectivity index (χ2v) is 3.86. The molecule has 1 N–H and O–H groups in total. The van der Waals surface area contributed by atoms with E-state index in [9.17, 15) is 5.11 Å². The maximum Gasteiger partial charge on any atom is 0.124 e. The van der Waals surface area contributed by atoms with Gasteiger partial charge < -0.3 is 12.5 Å². The standard InChI is InChI=1S/C13H11NO.C3H8.CH3.Pd/c15-13-9-5-4-6-11(13)10-14-12-7-2-1-3-8-12;1-3-2;;/h1-10,15H;3H2,1-2H3;1H3;/q;;-1;. The van der Waals surface area contributed by atoms with Gasteiger partial charge in [0, 0.05) is 32.2 Å². The van der Waals surface area contributed by atoms with E-state index in [1.54, 1.807) is 18.3 Å². The second-order valence-electron chi connectivity index (χ2n) is 3.86. The van der Waals surface area contributed by atoms with Crippen LogP contribution in [0, 0.1) is 7.43 Å². The van der Waals surface area contributed by atoms with E-state index in [0.29, 0.717) is 0 Å². The molecule has 2 aromatic rings. The van der Waals surface area contributed by atoms with E-state index in [1.807, 2.05) is 42.5 Å². The Labute approximate surface area is 136 Å². The van der Waals surface area contributed by atoms with Crippen LogP contribution in [0.25, 0.3) is 0 Å². The van der Waals surface area contributed by atoms with Crippen LogP contribution in [0.2, 0.25) is 0 Å². The Morgan fingerprint density at radius 1 is 0.950 bits per heavy atom. The molecule has 112 valence electrons. The molecule has 2 rings (SSSR count). The monoisotopic (exact) mass is 362 g/mol. The van der Waals surface area contributed by atoms with Crippen molar-refractivity contribution in [3.8, 4) is 5.75 Å². The van der Waals surface area contributed by atoms with Crippen molar-refractivity contribution in [1.82, 2.24) is 0 Å². The van der Waals surface area contributed by atoms with Crippen molar-refractivity contribution in [1.29, 1.82) is 0 Å². The fourth-order valence-electron chi connectivity index (χ4n) is 1.25. The zero-order valence-corrected chi connectivity index (χ0v) is 13.7. The maximum atomic E-state index is 9.50. The van der Waals surface area contributed by atoms with Gasteiger partial charge >= 0.3 is 0 Å². The minimum Gasteiger partial charge on any atom is -0.507 e. The number of benzene rings is 2. The summed E-state index contributed by atoms with van der Waals surface area (Å²) in [6.07, 6.45) is 2.91. The summed E-state index contributed by atoms with van der Waals surface area (Å²) in [5.74, 6) is 0.247. The summed E-state index contributed by atoms with van der Waals surface area (Å²) >= 11 is 0. The van der Waals surface area contributed by atoms with Crippen LogP contribution in [0.5, 0.6) is 5.75 Å². The minimum atomic E-state index is 0. The zero-order valence-electron chi connectivity index (χ0n) is 12.2. The number of aromatic hydroxyl groups is 1. The van der Waals surface area contributed by atoms with E-state index in [2.05, 4.69) is 18.8 Å². The minimum absolute atomic E-state index is 0. The molecule has 0 radical (unpaired) electrons. The molecule has 0 saturated heterocycles. The Morgan fingerprint density at radius 3 is 2.00 bits per heavy atom. The van der Waals surface area contributed by atoms with Crippen molar-refractivity contribution < 1.29 is 25.5 Å². The van der Waals surface area contributed by atoms with Gasteiger partial charge in [-0.2, -0.15) is 0 Å². The summed E-state index contributed by atoms with van der Waals surface area (Å²) in [6.45, 7) is 4.25. The molecule has 0 amide bonds. The Bertz CT molecular complexity index is 483. The summed E-state index contributed by atoms with van der Waals surface area (Å²) in [5, 5.41) is 9.50. The number of hydrogen-bond acceptors (Lipinski definition) is 2. The van der Waals surface area contributed by atoms with Gasteiger partial charge in [-0.15, -0.1) is 0 Å². The maximum absolute atomic E-state index is 9.50. The van der Waals surface area contributed by atoms with Gasteiger partial charge in [-0.1, -0.05) is 50.6 Å². The van der Waals surface area contributed by atoms with Gasteiger partial charge in [0.25, 0.3) is 0 Å². The third-order valence-electron chi connectivity index (χ3n) is 2.05. The van der Waals surface area contributed by atoms with E-state index in [1.165, 1.54) is 6.42 Å². The number of nitrogens with zero attached hydrogens (tertiary/aromatic N) is 1. The van der Waals surface area contributed by atoms with E-state index in [0.717, 1.165) is 11.3 Å². The van der Waals surface area contributed by atoms with Crippen LogP contribution in [0.1, 0.15) is 25.8 Å². The Hall–Kier alpha value is -1.43. The number of hydrogen-bond donors (Lipinski definition) is 1. The van der Waals surface area contributed by atoms with Crippen molar-refractivity contribution in [2.75, 3.05) is 0 Å². The molecule has 0 aliphatic heterocycles. The first-order valence-corrected chi connectivity index (χ1v) is 6.15. The molecule has 20 heavy (non-hydrogen) atoms. The zero-order chi connectivity index (χ0) is 13.2. The quantitative estimate of drug-likeness (QED) is 0.455. The van der Waals surface area contributed by atoms with Gasteiger partial charge in [-0.05, 0) is 24.3 Å². The number of aliphatic imine (C=N–C) groups is 1. The topological polar surface area (TPSA) is 32.6 Å². The molecule has 0 aliphatic carbocycles. The molecule has 0 bridgehead atoms. The first-order valence-electron chi connectivity index (χ1n) is 6.15. The molecule has 0 saturated carbocycles. The van der Waals surface area contributed by atoms with Crippen LogP contribution in [0.3, 0.4) is 0 Å². The molecule has 0 unspecified atom stereocenters. The van der Waals surface area contributed by atoms with Gasteiger partial charge in [0.15, 0.2) is 0 Å². The summed E-state index contributed by atoms with van der Waals surface area (Å²) in [6, 6.07) is 16.7.